The average molecular weight is 406 g/mol. The summed E-state index contributed by atoms with van der Waals surface area (Å²) in [5.41, 5.74) is 0.683. The van der Waals surface area contributed by atoms with Gasteiger partial charge >= 0.3 is 6.03 Å². The Morgan fingerprint density at radius 1 is 1.11 bits per heavy atom. The zero-order valence-corrected chi connectivity index (χ0v) is 16.2. The van der Waals surface area contributed by atoms with Crippen LogP contribution >= 0.6 is 23.2 Å². The molecule has 0 saturated carbocycles. The molecule has 2 aromatic rings. The minimum atomic E-state index is -1.23. The molecular weight excluding hydrogens is 389 g/mol. The molecule has 1 atom stereocenters. The fourth-order valence-electron chi connectivity index (χ4n) is 2.86. The van der Waals surface area contributed by atoms with E-state index in [0.717, 1.165) is 10.5 Å². The maximum atomic E-state index is 12.9. The number of imide groups is 1. The number of anilines is 1. The summed E-state index contributed by atoms with van der Waals surface area (Å²) in [5.74, 6) is -1.08. The van der Waals surface area contributed by atoms with Crippen molar-refractivity contribution in [3.05, 3.63) is 63.6 Å². The number of carbonyl (C=O) groups excluding carboxylic acids is 3. The fraction of sp³-hybridized carbons (Fsp3) is 0.211. The van der Waals surface area contributed by atoms with Gasteiger partial charge < -0.3 is 10.6 Å². The number of rotatable bonds is 4. The Balaban J connectivity index is 1.77. The molecule has 4 amide bonds. The second-order valence-electron chi connectivity index (χ2n) is 6.46. The third-order valence-electron chi connectivity index (χ3n) is 4.43. The summed E-state index contributed by atoms with van der Waals surface area (Å²) in [6, 6.07) is 11.4. The third-order valence-corrected chi connectivity index (χ3v) is 5.06. The predicted molar refractivity (Wildman–Crippen MR) is 104 cm³/mol. The molecule has 27 heavy (non-hydrogen) atoms. The van der Waals surface area contributed by atoms with Crippen LogP contribution in [0.5, 0.6) is 0 Å². The van der Waals surface area contributed by atoms with Crippen molar-refractivity contribution >= 4 is 46.7 Å². The standard InChI is InChI=1S/C19H17Cl2N3O3/c1-11-6-8-12(9-7-11)19(2)17(26)24(18(27)23-19)10-15(25)22-16-13(20)4-3-5-14(16)21/h3-9H,10H2,1-2H3,(H,22,25)(H,23,27)/t19-/m1/s1. The Labute approximate surface area is 166 Å². The lowest BCUT2D eigenvalue weighted by atomic mass is 9.91. The largest absolute Gasteiger partial charge is 0.325 e. The highest BCUT2D eigenvalue weighted by Gasteiger charge is 2.49. The van der Waals surface area contributed by atoms with Crippen molar-refractivity contribution in [3.63, 3.8) is 0 Å². The summed E-state index contributed by atoms with van der Waals surface area (Å²) in [6.45, 7) is 3.09. The van der Waals surface area contributed by atoms with Crippen molar-refractivity contribution in [2.24, 2.45) is 0 Å². The number of hydrogen-bond acceptors (Lipinski definition) is 3. The highest BCUT2D eigenvalue weighted by molar-refractivity contribution is 6.39. The first kappa shape index (κ1) is 19.2. The Bertz CT molecular complexity index is 910. The van der Waals surface area contributed by atoms with Crippen molar-refractivity contribution in [1.29, 1.82) is 0 Å². The van der Waals surface area contributed by atoms with Crippen molar-refractivity contribution in [1.82, 2.24) is 10.2 Å². The van der Waals surface area contributed by atoms with Crippen molar-refractivity contribution in [2.75, 3.05) is 11.9 Å². The number of urea groups is 1. The van der Waals surface area contributed by atoms with Crippen LogP contribution in [0.1, 0.15) is 18.1 Å². The molecule has 3 rings (SSSR count). The first-order valence-corrected chi connectivity index (χ1v) is 8.93. The summed E-state index contributed by atoms with van der Waals surface area (Å²) < 4.78 is 0. The quantitative estimate of drug-likeness (QED) is 0.760. The topological polar surface area (TPSA) is 78.5 Å². The number of nitrogens with one attached hydrogen (secondary N) is 2. The van der Waals surface area contributed by atoms with Crippen molar-refractivity contribution in [2.45, 2.75) is 19.4 Å². The first-order chi connectivity index (χ1) is 12.7. The van der Waals surface area contributed by atoms with Crippen LogP contribution in [-0.4, -0.2) is 29.3 Å². The first-order valence-electron chi connectivity index (χ1n) is 8.17. The number of hydrogen-bond donors (Lipinski definition) is 2. The lowest BCUT2D eigenvalue weighted by Crippen LogP contribution is -2.42. The second-order valence-corrected chi connectivity index (χ2v) is 7.27. The van der Waals surface area contributed by atoms with E-state index >= 15 is 0 Å². The van der Waals surface area contributed by atoms with Crippen LogP contribution in [0, 0.1) is 6.92 Å². The Morgan fingerprint density at radius 3 is 2.30 bits per heavy atom. The highest BCUT2D eigenvalue weighted by Crippen LogP contribution is 2.31. The minimum Gasteiger partial charge on any atom is -0.322 e. The van der Waals surface area contributed by atoms with Crippen molar-refractivity contribution in [3.8, 4) is 0 Å². The van der Waals surface area contributed by atoms with Gasteiger partial charge in [-0.15, -0.1) is 0 Å². The average Bonchev–Trinajstić information content (AvgIpc) is 2.83. The van der Waals surface area contributed by atoms with Crippen LogP contribution in [0.25, 0.3) is 0 Å². The summed E-state index contributed by atoms with van der Waals surface area (Å²) >= 11 is 12.1. The van der Waals surface area contributed by atoms with E-state index in [1.165, 1.54) is 0 Å². The summed E-state index contributed by atoms with van der Waals surface area (Å²) in [5, 5.41) is 5.73. The number of carbonyl (C=O) groups is 3. The zero-order valence-electron chi connectivity index (χ0n) is 14.7. The van der Waals surface area contributed by atoms with Crippen LogP contribution in [0.15, 0.2) is 42.5 Å². The zero-order chi connectivity index (χ0) is 19.8. The van der Waals surface area contributed by atoms with E-state index in [1.807, 2.05) is 19.1 Å². The fourth-order valence-corrected chi connectivity index (χ4v) is 3.35. The van der Waals surface area contributed by atoms with Gasteiger partial charge in [0.1, 0.15) is 12.1 Å². The molecule has 0 unspecified atom stereocenters. The molecule has 0 aromatic heterocycles. The predicted octanol–water partition coefficient (Wildman–Crippen LogP) is 3.71. The van der Waals surface area contributed by atoms with Crippen LogP contribution in [0.3, 0.4) is 0 Å². The van der Waals surface area contributed by atoms with Crippen LogP contribution < -0.4 is 10.6 Å². The molecule has 0 radical (unpaired) electrons. The number of nitrogens with zero attached hydrogens (tertiary/aromatic N) is 1. The Morgan fingerprint density at radius 2 is 1.70 bits per heavy atom. The molecular formula is C19H17Cl2N3O3. The Kier molecular flexibility index (Phi) is 5.13. The molecule has 1 heterocycles. The molecule has 2 N–H and O–H groups in total. The van der Waals surface area contributed by atoms with Gasteiger partial charge in [-0.25, -0.2) is 4.79 Å². The van der Waals surface area contributed by atoms with Gasteiger partial charge in [0.15, 0.2) is 0 Å². The lowest BCUT2D eigenvalue weighted by molar-refractivity contribution is -0.133. The normalized spacial score (nSPS) is 19.2. The van der Waals surface area contributed by atoms with Gasteiger partial charge in [0.2, 0.25) is 5.91 Å². The van der Waals surface area contributed by atoms with Gasteiger partial charge in [-0.1, -0.05) is 59.1 Å². The highest BCUT2D eigenvalue weighted by atomic mass is 35.5. The molecule has 2 aromatic carbocycles. The molecule has 0 spiro atoms. The van der Waals surface area contributed by atoms with Crippen molar-refractivity contribution < 1.29 is 14.4 Å². The molecule has 1 saturated heterocycles. The van der Waals surface area contributed by atoms with Gasteiger partial charge in [-0.05, 0) is 31.5 Å². The Hall–Kier alpha value is -2.57. The maximum Gasteiger partial charge on any atom is 0.325 e. The van der Waals surface area contributed by atoms with Crippen LogP contribution in [0.4, 0.5) is 10.5 Å². The van der Waals surface area contributed by atoms with E-state index in [2.05, 4.69) is 10.6 Å². The van der Waals surface area contributed by atoms with Gasteiger partial charge in [0.25, 0.3) is 5.91 Å². The molecule has 140 valence electrons. The molecule has 0 bridgehead atoms. The monoisotopic (exact) mass is 405 g/mol. The van der Waals surface area contributed by atoms with E-state index in [0.29, 0.717) is 5.56 Å². The number of amides is 4. The van der Waals surface area contributed by atoms with Gasteiger partial charge in [0.05, 0.1) is 15.7 Å². The molecule has 1 aliphatic rings. The molecule has 6 nitrogen and oxygen atoms in total. The van der Waals surface area contributed by atoms with E-state index in [4.69, 9.17) is 23.2 Å². The van der Waals surface area contributed by atoms with E-state index in [-0.39, 0.29) is 15.7 Å². The second kappa shape index (κ2) is 7.21. The maximum absolute atomic E-state index is 12.9. The van der Waals surface area contributed by atoms with Gasteiger partial charge in [0, 0.05) is 0 Å². The third kappa shape index (κ3) is 3.63. The number of benzene rings is 2. The SMILES string of the molecule is Cc1ccc([C@@]2(C)NC(=O)N(CC(=O)Nc3c(Cl)cccc3Cl)C2=O)cc1. The smallest absolute Gasteiger partial charge is 0.322 e. The summed E-state index contributed by atoms with van der Waals surface area (Å²) in [6.07, 6.45) is 0. The number of halogens is 2. The molecule has 8 heteroatoms. The summed E-state index contributed by atoms with van der Waals surface area (Å²) in [4.78, 5) is 38.4. The molecule has 1 fully saturated rings. The van der Waals surface area contributed by atoms with E-state index in [9.17, 15) is 14.4 Å². The molecule has 0 aliphatic carbocycles. The van der Waals surface area contributed by atoms with Crippen LogP contribution in [-0.2, 0) is 15.1 Å². The number of aryl methyl sites for hydroxylation is 1. The van der Waals surface area contributed by atoms with E-state index < -0.39 is 29.9 Å². The summed E-state index contributed by atoms with van der Waals surface area (Å²) in [7, 11) is 0. The number of para-hydroxylation sites is 1. The van der Waals surface area contributed by atoms with Crippen LogP contribution in [0.2, 0.25) is 10.0 Å². The van der Waals surface area contributed by atoms with Gasteiger partial charge in [-0.3, -0.25) is 14.5 Å². The van der Waals surface area contributed by atoms with Gasteiger partial charge in [-0.2, -0.15) is 0 Å². The minimum absolute atomic E-state index is 0.235. The lowest BCUT2D eigenvalue weighted by Gasteiger charge is -2.22. The molecule has 1 aliphatic heterocycles. The van der Waals surface area contributed by atoms with E-state index in [1.54, 1.807) is 37.3 Å².